The summed E-state index contributed by atoms with van der Waals surface area (Å²) in [6, 6.07) is 6.65. The molecule has 0 aliphatic heterocycles. The Morgan fingerprint density at radius 1 is 1.25 bits per heavy atom. The number of hydrogen-bond acceptors (Lipinski definition) is 4. The predicted molar refractivity (Wildman–Crippen MR) is 76.6 cm³/mol. The first-order valence-corrected chi connectivity index (χ1v) is 6.13. The van der Waals surface area contributed by atoms with Crippen LogP contribution in [0.1, 0.15) is 20.3 Å². The highest BCUT2D eigenvalue weighted by Crippen LogP contribution is 2.15. The number of carbonyl (C=O) groups excluding carboxylic acids is 2. The Bertz CT molecular complexity index is 511. The Morgan fingerprint density at radius 3 is 2.15 bits per heavy atom. The van der Waals surface area contributed by atoms with Gasteiger partial charge in [-0.15, -0.1) is 0 Å². The van der Waals surface area contributed by atoms with E-state index >= 15 is 0 Å². The Hall–Kier alpha value is -2.57. The number of amidine groups is 1. The average Bonchev–Trinajstić information content (AvgIpc) is 2.41. The van der Waals surface area contributed by atoms with Gasteiger partial charge in [0.1, 0.15) is 0 Å². The van der Waals surface area contributed by atoms with Gasteiger partial charge in [-0.1, -0.05) is 12.1 Å². The van der Waals surface area contributed by atoms with E-state index in [0.29, 0.717) is 17.8 Å². The molecule has 0 spiro atoms. The molecule has 7 nitrogen and oxygen atoms in total. The van der Waals surface area contributed by atoms with E-state index in [1.165, 1.54) is 6.92 Å². The van der Waals surface area contributed by atoms with E-state index in [2.05, 4.69) is 15.8 Å². The summed E-state index contributed by atoms with van der Waals surface area (Å²) in [6.07, 6.45) is 0.422. The molecule has 1 aromatic rings. The van der Waals surface area contributed by atoms with Gasteiger partial charge < -0.3 is 21.6 Å². The number of nitrogens with two attached hydrogens (primary N) is 1. The van der Waals surface area contributed by atoms with Crippen LogP contribution in [0, 0.1) is 5.92 Å². The number of benzene rings is 1. The fourth-order valence-corrected chi connectivity index (χ4v) is 1.67. The first-order chi connectivity index (χ1) is 9.47. The minimum absolute atomic E-state index is 0.125. The average molecular weight is 278 g/mol. The summed E-state index contributed by atoms with van der Waals surface area (Å²) >= 11 is 0. The van der Waals surface area contributed by atoms with Gasteiger partial charge >= 0.3 is 0 Å². The summed E-state index contributed by atoms with van der Waals surface area (Å²) in [7, 11) is 0. The van der Waals surface area contributed by atoms with Gasteiger partial charge in [-0.2, -0.15) is 0 Å². The third-order valence-corrected chi connectivity index (χ3v) is 2.67. The van der Waals surface area contributed by atoms with E-state index in [4.69, 9.17) is 10.9 Å². The lowest BCUT2D eigenvalue weighted by atomic mass is 10.0. The molecule has 0 fully saturated rings. The molecule has 0 aromatic heterocycles. The molecule has 0 radical (unpaired) electrons. The van der Waals surface area contributed by atoms with Gasteiger partial charge in [-0.05, 0) is 30.7 Å². The van der Waals surface area contributed by atoms with E-state index < -0.39 is 5.92 Å². The van der Waals surface area contributed by atoms with Gasteiger partial charge in [-0.25, -0.2) is 0 Å². The lowest BCUT2D eigenvalue weighted by Crippen LogP contribution is -2.34. The van der Waals surface area contributed by atoms with Crippen LogP contribution < -0.4 is 16.4 Å². The zero-order valence-electron chi connectivity index (χ0n) is 11.4. The summed E-state index contributed by atoms with van der Waals surface area (Å²) in [4.78, 5) is 22.8. The van der Waals surface area contributed by atoms with Crippen LogP contribution in [0.5, 0.6) is 0 Å². The van der Waals surface area contributed by atoms with Crippen LogP contribution in [-0.2, 0) is 9.59 Å². The number of rotatable bonds is 5. The highest BCUT2D eigenvalue weighted by molar-refractivity contribution is 6.07. The number of nitrogens with zero attached hydrogens (tertiary/aromatic N) is 1. The van der Waals surface area contributed by atoms with Crippen molar-refractivity contribution in [1.29, 1.82) is 0 Å². The zero-order valence-corrected chi connectivity index (χ0v) is 11.4. The van der Waals surface area contributed by atoms with Gasteiger partial charge in [0.2, 0.25) is 11.8 Å². The molecule has 7 heteroatoms. The molecule has 108 valence electrons. The zero-order chi connectivity index (χ0) is 15.1. The number of anilines is 2. The maximum atomic E-state index is 12.0. The third-order valence-electron chi connectivity index (χ3n) is 2.67. The third kappa shape index (κ3) is 4.27. The van der Waals surface area contributed by atoms with Crippen molar-refractivity contribution in [2.45, 2.75) is 20.3 Å². The smallest absolute Gasteiger partial charge is 0.235 e. The lowest BCUT2D eigenvalue weighted by molar-refractivity contribution is -0.118. The number of nitrogens with one attached hydrogen (secondary N) is 2. The number of hydrogen-bond donors (Lipinski definition) is 4. The monoisotopic (exact) mass is 278 g/mol. The van der Waals surface area contributed by atoms with Crippen molar-refractivity contribution in [3.63, 3.8) is 0 Å². The van der Waals surface area contributed by atoms with Crippen molar-refractivity contribution < 1.29 is 14.8 Å². The summed E-state index contributed by atoms with van der Waals surface area (Å²) in [5, 5.41) is 16.8. The van der Waals surface area contributed by atoms with E-state index in [1.807, 2.05) is 0 Å². The van der Waals surface area contributed by atoms with Crippen molar-refractivity contribution in [3.05, 3.63) is 24.3 Å². The second kappa shape index (κ2) is 7.13. The molecule has 2 amide bonds. The SMILES string of the molecule is CCC(C(=O)Nc1ccc(NC(C)=O)cc1)C(N)=NO. The predicted octanol–water partition coefficient (Wildman–Crippen LogP) is 1.36. The first-order valence-electron chi connectivity index (χ1n) is 6.13. The minimum atomic E-state index is -0.685. The van der Waals surface area contributed by atoms with Gasteiger partial charge in [-0.3, -0.25) is 9.59 Å². The summed E-state index contributed by atoms with van der Waals surface area (Å²) in [5.74, 6) is -1.33. The standard InChI is InChI=1S/C13H18N4O3/c1-3-11(12(14)17-20)13(19)16-10-6-4-9(5-7-10)15-8(2)18/h4-7,11,20H,3H2,1-2H3,(H2,14,17)(H,15,18)(H,16,19). The van der Waals surface area contributed by atoms with Crippen molar-refractivity contribution in [2.75, 3.05) is 10.6 Å². The molecule has 0 saturated carbocycles. The van der Waals surface area contributed by atoms with Gasteiger partial charge in [0.05, 0.1) is 5.92 Å². The molecular formula is C13H18N4O3. The Labute approximate surface area is 116 Å². The van der Waals surface area contributed by atoms with Crippen molar-refractivity contribution in [1.82, 2.24) is 0 Å². The highest BCUT2D eigenvalue weighted by Gasteiger charge is 2.21. The maximum Gasteiger partial charge on any atom is 0.235 e. The second-order valence-electron chi connectivity index (χ2n) is 4.23. The van der Waals surface area contributed by atoms with Crippen LogP contribution in [0.4, 0.5) is 11.4 Å². The maximum absolute atomic E-state index is 12.0. The fraction of sp³-hybridized carbons (Fsp3) is 0.308. The molecule has 1 rings (SSSR count). The summed E-state index contributed by atoms with van der Waals surface area (Å²) in [6.45, 7) is 3.18. The van der Waals surface area contributed by atoms with E-state index in [9.17, 15) is 9.59 Å². The Morgan fingerprint density at radius 2 is 1.75 bits per heavy atom. The van der Waals surface area contributed by atoms with Gasteiger partial charge in [0.25, 0.3) is 0 Å². The number of oxime groups is 1. The molecule has 0 bridgehead atoms. The first kappa shape index (κ1) is 15.5. The van der Waals surface area contributed by atoms with Crippen LogP contribution in [0.2, 0.25) is 0 Å². The topological polar surface area (TPSA) is 117 Å². The lowest BCUT2D eigenvalue weighted by Gasteiger charge is -2.13. The summed E-state index contributed by atoms with van der Waals surface area (Å²) < 4.78 is 0. The molecular weight excluding hydrogens is 260 g/mol. The second-order valence-corrected chi connectivity index (χ2v) is 4.23. The molecule has 0 heterocycles. The minimum Gasteiger partial charge on any atom is -0.409 e. The van der Waals surface area contributed by atoms with Crippen LogP contribution in [0.15, 0.2) is 29.4 Å². The van der Waals surface area contributed by atoms with Crippen LogP contribution >= 0.6 is 0 Å². The quantitative estimate of drug-likeness (QED) is 0.281. The van der Waals surface area contributed by atoms with Crippen molar-refractivity contribution in [2.24, 2.45) is 16.8 Å². The normalized spacial score (nSPS) is 12.6. The molecule has 0 aliphatic carbocycles. The largest absolute Gasteiger partial charge is 0.409 e. The Kier molecular flexibility index (Phi) is 5.52. The van der Waals surface area contributed by atoms with E-state index in [-0.39, 0.29) is 17.6 Å². The van der Waals surface area contributed by atoms with Crippen LogP contribution in [0.25, 0.3) is 0 Å². The number of carbonyl (C=O) groups is 2. The highest BCUT2D eigenvalue weighted by atomic mass is 16.4. The molecule has 20 heavy (non-hydrogen) atoms. The molecule has 1 atom stereocenters. The van der Waals surface area contributed by atoms with E-state index in [1.54, 1.807) is 31.2 Å². The molecule has 5 N–H and O–H groups in total. The van der Waals surface area contributed by atoms with Crippen molar-refractivity contribution in [3.8, 4) is 0 Å². The van der Waals surface area contributed by atoms with Crippen LogP contribution in [0.3, 0.4) is 0 Å². The van der Waals surface area contributed by atoms with Gasteiger partial charge in [0, 0.05) is 18.3 Å². The van der Waals surface area contributed by atoms with Crippen LogP contribution in [-0.4, -0.2) is 22.9 Å². The molecule has 0 saturated heterocycles. The number of amides is 2. The molecule has 1 unspecified atom stereocenters. The molecule has 0 aliphatic rings. The Balaban J connectivity index is 2.73. The van der Waals surface area contributed by atoms with Crippen molar-refractivity contribution >= 4 is 29.0 Å². The summed E-state index contributed by atoms with van der Waals surface area (Å²) in [5.41, 5.74) is 6.65. The fourth-order valence-electron chi connectivity index (χ4n) is 1.67. The van der Waals surface area contributed by atoms with E-state index in [0.717, 1.165) is 0 Å². The van der Waals surface area contributed by atoms with Gasteiger partial charge in [0.15, 0.2) is 5.84 Å². The molecule has 1 aromatic carbocycles.